The number of hydrogen-bond acceptors (Lipinski definition) is 0. The third kappa shape index (κ3) is 1.65. The van der Waals surface area contributed by atoms with Crippen molar-refractivity contribution in [1.82, 2.24) is 0 Å². The molecule has 0 atom stereocenters. The van der Waals surface area contributed by atoms with E-state index in [2.05, 4.69) is 6.58 Å². The van der Waals surface area contributed by atoms with E-state index in [1.165, 1.54) is 0 Å². The normalized spacial score (nSPS) is 8.10. The molecule has 0 fully saturated rings. The van der Waals surface area contributed by atoms with Crippen LogP contribution in [0, 0.1) is 0 Å². The van der Waals surface area contributed by atoms with Crippen LogP contribution in [-0.2, 0) is 7.05 Å². The molecular weight excluding hydrogens is 129 g/mol. The maximum Gasteiger partial charge on any atom is 0.204 e. The number of rotatable bonds is 1. The van der Waals surface area contributed by atoms with Crippen molar-refractivity contribution in [3.05, 3.63) is 36.7 Å². The average Bonchev–Trinajstić information content (AvgIpc) is 1.89. The second-order valence-corrected chi connectivity index (χ2v) is 1.94. The lowest BCUT2D eigenvalue weighted by Crippen LogP contribution is -3.00. The minimum atomic E-state index is 0. The first-order valence-corrected chi connectivity index (χ1v) is 2.91. The highest BCUT2D eigenvalue weighted by Crippen LogP contribution is 1.89. The van der Waals surface area contributed by atoms with Crippen LogP contribution in [0.3, 0.4) is 0 Å². The van der Waals surface area contributed by atoms with Crippen molar-refractivity contribution < 1.29 is 9.27 Å². The number of halogens is 1. The molecule has 1 rings (SSSR count). The first kappa shape index (κ1) is 8.82. The van der Waals surface area contributed by atoms with Crippen LogP contribution in [0.4, 0.5) is 0 Å². The van der Waals surface area contributed by atoms with Crippen LogP contribution in [0.25, 0.3) is 6.08 Å². The van der Waals surface area contributed by atoms with Gasteiger partial charge >= 0.3 is 0 Å². The van der Waals surface area contributed by atoms with Gasteiger partial charge in [-0.15, -0.1) is 0 Å². The molecule has 0 aliphatic rings. The fourth-order valence-corrected chi connectivity index (χ4v) is 0.749. The van der Waals surface area contributed by atoms with E-state index in [-0.39, 0.29) is 4.70 Å². The van der Waals surface area contributed by atoms with Gasteiger partial charge in [0.15, 0.2) is 6.20 Å². The van der Waals surface area contributed by atoms with Crippen molar-refractivity contribution >= 4 is 6.08 Å². The molecule has 54 valence electrons. The second-order valence-electron chi connectivity index (χ2n) is 1.94. The largest absolute Gasteiger partial charge is 1.00 e. The van der Waals surface area contributed by atoms with Gasteiger partial charge in [-0.05, 0) is 6.07 Å². The Balaban J connectivity index is 0.000000810. The molecule has 0 aliphatic heterocycles. The Hall–Kier alpha value is -1.18. The van der Waals surface area contributed by atoms with Gasteiger partial charge in [0.05, 0.1) is 0 Å². The molecule has 10 heavy (non-hydrogen) atoms. The molecule has 0 radical (unpaired) electrons. The van der Waals surface area contributed by atoms with Gasteiger partial charge in [-0.3, -0.25) is 0 Å². The van der Waals surface area contributed by atoms with Gasteiger partial charge in [0, 0.05) is 18.2 Å². The van der Waals surface area contributed by atoms with Crippen molar-refractivity contribution in [2.24, 2.45) is 7.05 Å². The molecule has 0 aromatic carbocycles. The molecular formula is C8H10FN. The molecule has 0 bridgehead atoms. The zero-order valence-corrected chi connectivity index (χ0v) is 5.92. The number of aromatic nitrogens is 1. The Morgan fingerprint density at radius 1 is 1.50 bits per heavy atom. The van der Waals surface area contributed by atoms with Crippen LogP contribution in [0.1, 0.15) is 5.69 Å². The summed E-state index contributed by atoms with van der Waals surface area (Å²) in [6.07, 6.45) is 3.83. The highest BCUT2D eigenvalue weighted by Gasteiger charge is 1.94. The molecule has 1 aromatic heterocycles. The molecule has 0 unspecified atom stereocenters. The smallest absolute Gasteiger partial charge is 0.204 e. The lowest BCUT2D eigenvalue weighted by atomic mass is 10.3. The zero-order valence-electron chi connectivity index (χ0n) is 5.92. The van der Waals surface area contributed by atoms with E-state index in [9.17, 15) is 0 Å². The Kier molecular flexibility index (Phi) is 3.33. The van der Waals surface area contributed by atoms with Crippen LogP contribution in [0.2, 0.25) is 0 Å². The van der Waals surface area contributed by atoms with Crippen LogP contribution in [0.5, 0.6) is 0 Å². The Morgan fingerprint density at radius 2 is 2.20 bits per heavy atom. The van der Waals surface area contributed by atoms with Crippen molar-refractivity contribution in [1.29, 1.82) is 0 Å². The molecule has 0 amide bonds. The molecule has 2 heteroatoms. The van der Waals surface area contributed by atoms with Crippen LogP contribution < -0.4 is 9.27 Å². The predicted octanol–water partition coefficient (Wildman–Crippen LogP) is -1.84. The minimum absolute atomic E-state index is 0. The average molecular weight is 139 g/mol. The van der Waals surface area contributed by atoms with Crippen molar-refractivity contribution in [2.75, 3.05) is 0 Å². The molecule has 0 aliphatic carbocycles. The number of pyridine rings is 1. The maximum absolute atomic E-state index is 3.67. The molecule has 1 nitrogen and oxygen atoms in total. The first-order chi connectivity index (χ1) is 4.34. The lowest BCUT2D eigenvalue weighted by Gasteiger charge is -1.88. The Labute approximate surface area is 60.0 Å². The minimum Gasteiger partial charge on any atom is -1.00 e. The van der Waals surface area contributed by atoms with E-state index in [0.717, 1.165) is 5.69 Å². The highest BCUT2D eigenvalue weighted by molar-refractivity contribution is 5.36. The fraction of sp³-hybridized carbons (Fsp3) is 0.125. The molecule has 1 heterocycles. The van der Waals surface area contributed by atoms with Crippen LogP contribution in [-0.4, -0.2) is 0 Å². The van der Waals surface area contributed by atoms with Gasteiger partial charge < -0.3 is 4.70 Å². The first-order valence-electron chi connectivity index (χ1n) is 2.91. The maximum atomic E-state index is 3.67. The summed E-state index contributed by atoms with van der Waals surface area (Å²) < 4.78 is 2.02. The lowest BCUT2D eigenvalue weighted by molar-refractivity contribution is -0.673. The van der Waals surface area contributed by atoms with E-state index < -0.39 is 0 Å². The van der Waals surface area contributed by atoms with E-state index in [4.69, 9.17) is 0 Å². The quantitative estimate of drug-likeness (QED) is 0.402. The fourth-order valence-electron chi connectivity index (χ4n) is 0.749. The van der Waals surface area contributed by atoms with Crippen molar-refractivity contribution in [3.8, 4) is 0 Å². The Bertz CT molecular complexity index is 220. The summed E-state index contributed by atoms with van der Waals surface area (Å²) in [5.41, 5.74) is 1.14. The van der Waals surface area contributed by atoms with Gasteiger partial charge in [-0.2, -0.15) is 0 Å². The van der Waals surface area contributed by atoms with E-state index in [0.29, 0.717) is 0 Å². The monoisotopic (exact) mass is 139 g/mol. The Morgan fingerprint density at radius 3 is 2.60 bits per heavy atom. The van der Waals surface area contributed by atoms with Crippen LogP contribution >= 0.6 is 0 Å². The topological polar surface area (TPSA) is 3.88 Å². The molecule has 1 aromatic rings. The van der Waals surface area contributed by atoms with E-state index in [1.54, 1.807) is 0 Å². The molecule has 0 saturated heterocycles. The summed E-state index contributed by atoms with van der Waals surface area (Å²) in [4.78, 5) is 0. The standard InChI is InChI=1S/C8H10N.FH/c1-3-8-6-4-5-7-9(8)2;/h3-7H,1H2,2H3;1H/q+1;/p-1. The van der Waals surface area contributed by atoms with Crippen molar-refractivity contribution in [3.63, 3.8) is 0 Å². The van der Waals surface area contributed by atoms with Gasteiger partial charge in [0.2, 0.25) is 5.69 Å². The number of hydrogen-bond donors (Lipinski definition) is 0. The predicted molar refractivity (Wildman–Crippen MR) is 37.7 cm³/mol. The second kappa shape index (κ2) is 3.77. The molecule has 0 saturated carbocycles. The summed E-state index contributed by atoms with van der Waals surface area (Å²) in [6.45, 7) is 3.67. The SMILES string of the molecule is C=Cc1cccc[n+]1C.[F-]. The van der Waals surface area contributed by atoms with Gasteiger partial charge in [0.25, 0.3) is 0 Å². The summed E-state index contributed by atoms with van der Waals surface area (Å²) in [6, 6.07) is 6.01. The summed E-state index contributed by atoms with van der Waals surface area (Å²) in [5.74, 6) is 0. The van der Waals surface area contributed by atoms with E-state index >= 15 is 0 Å². The molecule has 0 N–H and O–H groups in total. The van der Waals surface area contributed by atoms with Gasteiger partial charge in [-0.25, -0.2) is 4.57 Å². The molecule has 0 spiro atoms. The third-order valence-corrected chi connectivity index (χ3v) is 1.30. The number of aryl methyl sites for hydroxylation is 1. The number of nitrogens with zero attached hydrogens (tertiary/aromatic N) is 1. The third-order valence-electron chi connectivity index (χ3n) is 1.30. The van der Waals surface area contributed by atoms with Crippen LogP contribution in [0.15, 0.2) is 31.0 Å². The summed E-state index contributed by atoms with van der Waals surface area (Å²) >= 11 is 0. The van der Waals surface area contributed by atoms with E-state index in [1.807, 2.05) is 42.1 Å². The van der Waals surface area contributed by atoms with Crippen molar-refractivity contribution in [2.45, 2.75) is 0 Å². The van der Waals surface area contributed by atoms with Gasteiger partial charge in [0.1, 0.15) is 7.05 Å². The van der Waals surface area contributed by atoms with Gasteiger partial charge in [-0.1, -0.05) is 6.58 Å². The summed E-state index contributed by atoms with van der Waals surface area (Å²) in [7, 11) is 2.00. The summed E-state index contributed by atoms with van der Waals surface area (Å²) in [5, 5.41) is 0. The highest BCUT2D eigenvalue weighted by atomic mass is 19.0. The zero-order chi connectivity index (χ0) is 6.69.